The number of anilines is 2. The first-order chi connectivity index (χ1) is 10.8. The summed E-state index contributed by atoms with van der Waals surface area (Å²) in [7, 11) is 3.45. The van der Waals surface area contributed by atoms with Gasteiger partial charge in [-0.1, -0.05) is 6.07 Å². The molecule has 0 heterocycles. The normalized spacial score (nSPS) is 10.3. The fourth-order valence-electron chi connectivity index (χ4n) is 2.08. The van der Waals surface area contributed by atoms with Crippen molar-refractivity contribution < 1.29 is 14.1 Å². The van der Waals surface area contributed by atoms with E-state index in [9.17, 15) is 19.3 Å². The molecule has 0 aromatic heterocycles. The Kier molecular flexibility index (Phi) is 4.59. The van der Waals surface area contributed by atoms with Gasteiger partial charge < -0.3 is 10.2 Å². The second-order valence-corrected chi connectivity index (χ2v) is 5.27. The summed E-state index contributed by atoms with van der Waals surface area (Å²) in [4.78, 5) is 24.4. The molecule has 0 bridgehead atoms. The summed E-state index contributed by atoms with van der Waals surface area (Å²) in [5.41, 5.74) is 1.24. The predicted octanol–water partition coefficient (Wildman–Crippen LogP) is 3.36. The summed E-state index contributed by atoms with van der Waals surface area (Å²) in [6, 6.07) is 8.36. The minimum absolute atomic E-state index is 0.144. The molecule has 1 N–H and O–H groups in total. The Hall–Kier alpha value is -2.96. The van der Waals surface area contributed by atoms with E-state index in [2.05, 4.69) is 5.32 Å². The zero-order valence-electron chi connectivity index (χ0n) is 13.0. The third kappa shape index (κ3) is 3.63. The molecule has 0 fully saturated rings. The molecule has 2 aromatic carbocycles. The average molecular weight is 317 g/mol. The van der Waals surface area contributed by atoms with E-state index in [0.717, 1.165) is 0 Å². The van der Waals surface area contributed by atoms with Gasteiger partial charge in [0.25, 0.3) is 11.6 Å². The molecule has 0 aliphatic rings. The largest absolute Gasteiger partial charge is 0.377 e. The van der Waals surface area contributed by atoms with Crippen molar-refractivity contribution in [2.75, 3.05) is 24.3 Å². The summed E-state index contributed by atoms with van der Waals surface area (Å²) < 4.78 is 13.6. The monoisotopic (exact) mass is 317 g/mol. The lowest BCUT2D eigenvalue weighted by Crippen LogP contribution is -2.19. The number of halogens is 1. The molecule has 0 aliphatic heterocycles. The first-order valence-corrected chi connectivity index (χ1v) is 6.83. The summed E-state index contributed by atoms with van der Waals surface area (Å²) in [5.74, 6) is -0.977. The Balaban J connectivity index is 2.38. The molecule has 0 spiro atoms. The standard InChI is InChI=1S/C16H16FN3O3/c1-10-4-5-11(8-14(10)17)18-16(21)13-9-12(20(22)23)6-7-15(13)19(2)3/h4-9H,1-3H3,(H,18,21). The van der Waals surface area contributed by atoms with Crippen LogP contribution < -0.4 is 10.2 Å². The minimum atomic E-state index is -0.568. The fraction of sp³-hybridized carbons (Fsp3) is 0.188. The Bertz CT molecular complexity index is 775. The van der Waals surface area contributed by atoms with Crippen molar-refractivity contribution >= 4 is 23.0 Å². The second kappa shape index (κ2) is 6.43. The molecular formula is C16H16FN3O3. The van der Waals surface area contributed by atoms with Crippen LogP contribution in [-0.4, -0.2) is 24.9 Å². The molecule has 0 unspecified atom stereocenters. The van der Waals surface area contributed by atoms with Gasteiger partial charge in [-0.25, -0.2) is 4.39 Å². The molecule has 0 atom stereocenters. The third-order valence-electron chi connectivity index (χ3n) is 3.35. The number of benzene rings is 2. The number of nitro groups is 1. The number of nitrogens with one attached hydrogen (secondary N) is 1. The van der Waals surface area contributed by atoms with Crippen molar-refractivity contribution in [2.45, 2.75) is 6.92 Å². The van der Waals surface area contributed by atoms with Crippen molar-refractivity contribution in [1.29, 1.82) is 0 Å². The highest BCUT2D eigenvalue weighted by Crippen LogP contribution is 2.25. The van der Waals surface area contributed by atoms with Gasteiger partial charge in [0.1, 0.15) is 5.82 Å². The van der Waals surface area contributed by atoms with Crippen molar-refractivity contribution in [1.82, 2.24) is 0 Å². The van der Waals surface area contributed by atoms with Crippen LogP contribution in [0.3, 0.4) is 0 Å². The van der Waals surface area contributed by atoms with Crippen LogP contribution in [0.4, 0.5) is 21.5 Å². The Morgan fingerprint density at radius 2 is 1.91 bits per heavy atom. The number of nitrogens with zero attached hydrogens (tertiary/aromatic N) is 2. The number of hydrogen-bond acceptors (Lipinski definition) is 4. The molecule has 23 heavy (non-hydrogen) atoms. The number of carbonyl (C=O) groups is 1. The van der Waals surface area contributed by atoms with Crippen molar-refractivity contribution in [2.24, 2.45) is 0 Å². The number of aryl methyl sites for hydroxylation is 1. The van der Waals surface area contributed by atoms with Crippen LogP contribution in [0.5, 0.6) is 0 Å². The molecule has 1 amide bonds. The highest BCUT2D eigenvalue weighted by molar-refractivity contribution is 6.08. The van der Waals surface area contributed by atoms with Crippen molar-refractivity contribution in [3.8, 4) is 0 Å². The van der Waals surface area contributed by atoms with E-state index in [4.69, 9.17) is 0 Å². The van der Waals surface area contributed by atoms with Crippen LogP contribution in [0.15, 0.2) is 36.4 Å². The van der Waals surface area contributed by atoms with E-state index in [1.807, 2.05) is 0 Å². The van der Waals surface area contributed by atoms with E-state index in [1.54, 1.807) is 38.1 Å². The van der Waals surface area contributed by atoms with Crippen LogP contribution >= 0.6 is 0 Å². The van der Waals surface area contributed by atoms with Gasteiger partial charge in [0.15, 0.2) is 0 Å². The molecule has 120 valence electrons. The maximum atomic E-state index is 13.6. The van der Waals surface area contributed by atoms with Crippen LogP contribution in [0.25, 0.3) is 0 Å². The van der Waals surface area contributed by atoms with Gasteiger partial charge in [-0.3, -0.25) is 14.9 Å². The highest BCUT2D eigenvalue weighted by atomic mass is 19.1. The molecule has 6 nitrogen and oxygen atoms in total. The SMILES string of the molecule is Cc1ccc(NC(=O)c2cc([N+](=O)[O-])ccc2N(C)C)cc1F. The lowest BCUT2D eigenvalue weighted by atomic mass is 10.1. The molecule has 0 radical (unpaired) electrons. The Morgan fingerprint density at radius 3 is 2.48 bits per heavy atom. The van der Waals surface area contributed by atoms with Crippen molar-refractivity contribution in [3.63, 3.8) is 0 Å². The predicted molar refractivity (Wildman–Crippen MR) is 86.5 cm³/mol. The molecule has 0 saturated heterocycles. The van der Waals surface area contributed by atoms with E-state index >= 15 is 0 Å². The summed E-state index contributed by atoms with van der Waals surface area (Å²) in [6.07, 6.45) is 0. The Morgan fingerprint density at radius 1 is 1.22 bits per heavy atom. The first kappa shape index (κ1) is 16.4. The van der Waals surface area contributed by atoms with Gasteiger partial charge in [-0.2, -0.15) is 0 Å². The summed E-state index contributed by atoms with van der Waals surface area (Å²) in [6.45, 7) is 1.62. The van der Waals surface area contributed by atoms with E-state index in [-0.39, 0.29) is 16.9 Å². The Labute approximate surface area is 132 Å². The molecule has 2 rings (SSSR count). The lowest BCUT2D eigenvalue weighted by Gasteiger charge is -2.17. The topological polar surface area (TPSA) is 75.5 Å². The number of amides is 1. The fourth-order valence-corrected chi connectivity index (χ4v) is 2.08. The number of nitro benzene ring substituents is 1. The number of carbonyl (C=O) groups excluding carboxylic acids is 1. The van der Waals surface area contributed by atoms with Gasteiger partial charge in [0.05, 0.1) is 10.5 Å². The zero-order valence-corrected chi connectivity index (χ0v) is 13.0. The van der Waals surface area contributed by atoms with Gasteiger partial charge >= 0.3 is 0 Å². The maximum absolute atomic E-state index is 13.6. The van der Waals surface area contributed by atoms with Crippen LogP contribution in [0.1, 0.15) is 15.9 Å². The average Bonchev–Trinajstić information content (AvgIpc) is 2.50. The van der Waals surface area contributed by atoms with E-state index < -0.39 is 16.6 Å². The molecule has 0 saturated carbocycles. The van der Waals surface area contributed by atoms with Gasteiger partial charge in [-0.15, -0.1) is 0 Å². The quantitative estimate of drug-likeness (QED) is 0.693. The molecular weight excluding hydrogens is 301 g/mol. The number of non-ortho nitro benzene ring substituents is 1. The van der Waals surface area contributed by atoms with Gasteiger partial charge in [0, 0.05) is 37.6 Å². The smallest absolute Gasteiger partial charge is 0.270 e. The summed E-state index contributed by atoms with van der Waals surface area (Å²) in [5, 5.41) is 13.5. The molecule has 7 heteroatoms. The van der Waals surface area contributed by atoms with Crippen LogP contribution in [0, 0.1) is 22.9 Å². The van der Waals surface area contributed by atoms with Crippen LogP contribution in [-0.2, 0) is 0 Å². The van der Waals surface area contributed by atoms with Gasteiger partial charge in [-0.05, 0) is 30.7 Å². The number of hydrogen-bond donors (Lipinski definition) is 1. The molecule has 2 aromatic rings. The van der Waals surface area contributed by atoms with Crippen LogP contribution in [0.2, 0.25) is 0 Å². The van der Waals surface area contributed by atoms with E-state index in [0.29, 0.717) is 11.3 Å². The minimum Gasteiger partial charge on any atom is -0.377 e. The van der Waals surface area contributed by atoms with E-state index in [1.165, 1.54) is 24.3 Å². The van der Waals surface area contributed by atoms with Crippen molar-refractivity contribution in [3.05, 3.63) is 63.5 Å². The maximum Gasteiger partial charge on any atom is 0.270 e. The third-order valence-corrected chi connectivity index (χ3v) is 3.35. The lowest BCUT2D eigenvalue weighted by molar-refractivity contribution is -0.384. The first-order valence-electron chi connectivity index (χ1n) is 6.83. The number of rotatable bonds is 4. The van der Waals surface area contributed by atoms with Gasteiger partial charge in [0.2, 0.25) is 0 Å². The molecule has 0 aliphatic carbocycles. The highest BCUT2D eigenvalue weighted by Gasteiger charge is 2.18. The second-order valence-electron chi connectivity index (χ2n) is 5.27. The zero-order chi connectivity index (χ0) is 17.1. The summed E-state index contributed by atoms with van der Waals surface area (Å²) >= 11 is 0.